The molecule has 0 heterocycles. The van der Waals surface area contributed by atoms with E-state index < -0.39 is 5.54 Å². The number of methoxy groups -OCH3 is 1. The van der Waals surface area contributed by atoms with Gasteiger partial charge in [-0.1, -0.05) is 48.5 Å². The van der Waals surface area contributed by atoms with Crippen molar-refractivity contribution in [3.63, 3.8) is 0 Å². The summed E-state index contributed by atoms with van der Waals surface area (Å²) in [6, 6.07) is 17.9. The normalized spacial score (nSPS) is 13.8. The van der Waals surface area contributed by atoms with Gasteiger partial charge in [-0.3, -0.25) is 0 Å². The Bertz CT molecular complexity index is 542. The predicted octanol–water partition coefficient (Wildman–Crippen LogP) is 2.94. The van der Waals surface area contributed by atoms with Crippen LogP contribution in [0.15, 0.2) is 54.6 Å². The molecule has 0 aliphatic heterocycles. The van der Waals surface area contributed by atoms with Crippen LogP contribution in [0.2, 0.25) is 0 Å². The first-order valence-corrected chi connectivity index (χ1v) is 6.71. The summed E-state index contributed by atoms with van der Waals surface area (Å²) in [5.74, 6) is 0. The Morgan fingerprint density at radius 1 is 1.05 bits per heavy atom. The lowest BCUT2D eigenvalue weighted by Crippen LogP contribution is -2.43. The van der Waals surface area contributed by atoms with E-state index in [1.54, 1.807) is 7.11 Å². The number of aliphatic hydroxyl groups is 1. The lowest BCUT2D eigenvalue weighted by molar-refractivity contribution is 0.0977. The lowest BCUT2D eigenvalue weighted by atomic mass is 9.90. The van der Waals surface area contributed by atoms with Crippen LogP contribution in [0, 0.1) is 6.92 Å². The molecule has 20 heavy (non-hydrogen) atoms. The molecule has 0 bridgehead atoms. The molecule has 1 atom stereocenters. The van der Waals surface area contributed by atoms with Gasteiger partial charge in [-0.2, -0.15) is 0 Å². The third-order valence-electron chi connectivity index (χ3n) is 3.51. The van der Waals surface area contributed by atoms with E-state index in [1.807, 2.05) is 61.5 Å². The molecule has 0 saturated carbocycles. The van der Waals surface area contributed by atoms with Crippen LogP contribution in [-0.4, -0.2) is 25.4 Å². The van der Waals surface area contributed by atoms with Crippen LogP contribution in [0.3, 0.4) is 0 Å². The number of para-hydroxylation sites is 1. The second kappa shape index (κ2) is 6.55. The average Bonchev–Trinajstić information content (AvgIpc) is 2.50. The van der Waals surface area contributed by atoms with Crippen LogP contribution in [0.5, 0.6) is 0 Å². The standard InChI is InChI=1S/C17H21NO2/c1-14-8-6-7-11-16(14)18-17(12-19,13-20-2)15-9-4-3-5-10-15/h3-11,18-19H,12-13H2,1-2H3. The number of ether oxygens (including phenoxy) is 1. The second-order valence-corrected chi connectivity index (χ2v) is 4.98. The van der Waals surface area contributed by atoms with Crippen molar-refractivity contribution < 1.29 is 9.84 Å². The topological polar surface area (TPSA) is 41.5 Å². The molecule has 0 radical (unpaired) electrons. The highest BCUT2D eigenvalue weighted by Gasteiger charge is 2.31. The fourth-order valence-corrected chi connectivity index (χ4v) is 2.34. The molecule has 106 valence electrons. The van der Waals surface area contributed by atoms with Gasteiger partial charge in [0.05, 0.1) is 13.2 Å². The zero-order valence-electron chi connectivity index (χ0n) is 12.0. The molecule has 2 rings (SSSR count). The number of benzene rings is 2. The van der Waals surface area contributed by atoms with Crippen molar-refractivity contribution in [3.05, 3.63) is 65.7 Å². The van der Waals surface area contributed by atoms with Crippen molar-refractivity contribution in [2.24, 2.45) is 0 Å². The van der Waals surface area contributed by atoms with Gasteiger partial charge in [0.1, 0.15) is 5.54 Å². The Morgan fingerprint density at radius 2 is 1.70 bits per heavy atom. The highest BCUT2D eigenvalue weighted by molar-refractivity contribution is 5.54. The largest absolute Gasteiger partial charge is 0.393 e. The molecular formula is C17H21NO2. The van der Waals surface area contributed by atoms with Gasteiger partial charge >= 0.3 is 0 Å². The summed E-state index contributed by atoms with van der Waals surface area (Å²) in [4.78, 5) is 0. The summed E-state index contributed by atoms with van der Waals surface area (Å²) >= 11 is 0. The molecular weight excluding hydrogens is 250 g/mol. The van der Waals surface area contributed by atoms with Crippen LogP contribution in [0.1, 0.15) is 11.1 Å². The third kappa shape index (κ3) is 3.00. The SMILES string of the molecule is COCC(CO)(Nc1ccccc1C)c1ccccc1. The molecule has 0 aliphatic rings. The first kappa shape index (κ1) is 14.6. The first-order valence-electron chi connectivity index (χ1n) is 6.71. The minimum atomic E-state index is -0.637. The Hall–Kier alpha value is -1.84. The van der Waals surface area contributed by atoms with Gasteiger partial charge in [0.25, 0.3) is 0 Å². The van der Waals surface area contributed by atoms with Gasteiger partial charge in [-0.25, -0.2) is 0 Å². The maximum Gasteiger partial charge on any atom is 0.109 e. The number of hydrogen-bond donors (Lipinski definition) is 2. The van der Waals surface area contributed by atoms with Crippen molar-refractivity contribution >= 4 is 5.69 Å². The van der Waals surface area contributed by atoms with E-state index in [0.717, 1.165) is 16.8 Å². The third-order valence-corrected chi connectivity index (χ3v) is 3.51. The highest BCUT2D eigenvalue weighted by Crippen LogP contribution is 2.28. The molecule has 2 N–H and O–H groups in total. The molecule has 0 fully saturated rings. The number of hydrogen-bond acceptors (Lipinski definition) is 3. The Balaban J connectivity index is 2.40. The van der Waals surface area contributed by atoms with Gasteiger partial charge in [0, 0.05) is 12.8 Å². The number of nitrogens with one attached hydrogen (secondary N) is 1. The summed E-state index contributed by atoms with van der Waals surface area (Å²) in [7, 11) is 1.65. The minimum Gasteiger partial charge on any atom is -0.393 e. The number of rotatable bonds is 6. The van der Waals surface area contributed by atoms with Crippen LogP contribution in [0.4, 0.5) is 5.69 Å². The molecule has 0 saturated heterocycles. The Morgan fingerprint density at radius 3 is 2.30 bits per heavy atom. The quantitative estimate of drug-likeness (QED) is 0.848. The maximum atomic E-state index is 9.97. The lowest BCUT2D eigenvalue weighted by Gasteiger charge is -2.34. The predicted molar refractivity (Wildman–Crippen MR) is 81.9 cm³/mol. The van der Waals surface area contributed by atoms with Gasteiger partial charge in [0.2, 0.25) is 0 Å². The van der Waals surface area contributed by atoms with E-state index in [1.165, 1.54) is 0 Å². The van der Waals surface area contributed by atoms with Gasteiger partial charge in [-0.05, 0) is 24.1 Å². The molecule has 1 unspecified atom stereocenters. The fraction of sp³-hybridized carbons (Fsp3) is 0.294. The van der Waals surface area contributed by atoms with Gasteiger partial charge in [-0.15, -0.1) is 0 Å². The smallest absolute Gasteiger partial charge is 0.109 e. The second-order valence-electron chi connectivity index (χ2n) is 4.98. The summed E-state index contributed by atoms with van der Waals surface area (Å²) in [6.07, 6.45) is 0. The van der Waals surface area contributed by atoms with Crippen molar-refractivity contribution in [1.29, 1.82) is 0 Å². The summed E-state index contributed by atoms with van der Waals surface area (Å²) in [5, 5.41) is 13.4. The van der Waals surface area contributed by atoms with Gasteiger partial charge < -0.3 is 15.2 Å². The van der Waals surface area contributed by atoms with Crippen molar-refractivity contribution in [3.8, 4) is 0 Å². The average molecular weight is 271 g/mol. The van der Waals surface area contributed by atoms with Crippen LogP contribution in [-0.2, 0) is 10.3 Å². The summed E-state index contributed by atoms with van der Waals surface area (Å²) in [5.41, 5.74) is 2.51. The monoisotopic (exact) mass is 271 g/mol. The molecule has 3 nitrogen and oxygen atoms in total. The van der Waals surface area contributed by atoms with Crippen LogP contribution >= 0.6 is 0 Å². The summed E-state index contributed by atoms with van der Waals surface area (Å²) < 4.78 is 5.34. The molecule has 0 aliphatic carbocycles. The van der Waals surface area contributed by atoms with Crippen LogP contribution in [0.25, 0.3) is 0 Å². The number of anilines is 1. The molecule has 0 spiro atoms. The highest BCUT2D eigenvalue weighted by atomic mass is 16.5. The maximum absolute atomic E-state index is 9.97. The molecule has 2 aromatic rings. The molecule has 0 aromatic heterocycles. The minimum absolute atomic E-state index is 0.0425. The van der Waals surface area contributed by atoms with Gasteiger partial charge in [0.15, 0.2) is 0 Å². The molecule has 0 amide bonds. The van der Waals surface area contributed by atoms with E-state index in [2.05, 4.69) is 5.32 Å². The summed E-state index contributed by atoms with van der Waals surface area (Å²) in [6.45, 7) is 2.39. The van der Waals surface area contributed by atoms with Crippen molar-refractivity contribution in [1.82, 2.24) is 0 Å². The van der Waals surface area contributed by atoms with Crippen molar-refractivity contribution in [2.45, 2.75) is 12.5 Å². The van der Waals surface area contributed by atoms with E-state index in [-0.39, 0.29) is 6.61 Å². The van der Waals surface area contributed by atoms with E-state index >= 15 is 0 Å². The number of aliphatic hydroxyl groups excluding tert-OH is 1. The van der Waals surface area contributed by atoms with E-state index in [4.69, 9.17) is 4.74 Å². The Labute approximate surface area is 120 Å². The molecule has 3 heteroatoms. The molecule has 2 aromatic carbocycles. The number of aryl methyl sites for hydroxylation is 1. The zero-order chi connectivity index (χ0) is 14.4. The first-order chi connectivity index (χ1) is 9.72. The van der Waals surface area contributed by atoms with E-state index in [9.17, 15) is 5.11 Å². The van der Waals surface area contributed by atoms with Crippen LogP contribution < -0.4 is 5.32 Å². The van der Waals surface area contributed by atoms with Crippen molar-refractivity contribution in [2.75, 3.05) is 25.6 Å². The fourth-order valence-electron chi connectivity index (χ4n) is 2.34. The van der Waals surface area contributed by atoms with E-state index in [0.29, 0.717) is 6.61 Å². The zero-order valence-corrected chi connectivity index (χ0v) is 12.0. The Kier molecular flexibility index (Phi) is 4.77.